The third-order valence-electron chi connectivity index (χ3n) is 3.37. The number of hydrogen-bond acceptors (Lipinski definition) is 3. The topological polar surface area (TPSA) is 44.5 Å². The van der Waals surface area contributed by atoms with Crippen LogP contribution in [0.3, 0.4) is 0 Å². The van der Waals surface area contributed by atoms with Crippen molar-refractivity contribution in [2.45, 2.75) is 32.9 Å². The van der Waals surface area contributed by atoms with Gasteiger partial charge in [0.25, 0.3) is 0 Å². The first-order valence-electron chi connectivity index (χ1n) is 7.43. The summed E-state index contributed by atoms with van der Waals surface area (Å²) in [5.74, 6) is 1.52. The summed E-state index contributed by atoms with van der Waals surface area (Å²) in [6.45, 7) is 5.17. The van der Waals surface area contributed by atoms with Crippen molar-refractivity contribution >= 4 is 12.4 Å². The van der Waals surface area contributed by atoms with E-state index in [1.807, 2.05) is 55.5 Å². The molecule has 0 unspecified atom stereocenters. The predicted molar refractivity (Wildman–Crippen MR) is 92.9 cm³/mol. The average molecular weight is 322 g/mol. The van der Waals surface area contributed by atoms with Crippen molar-refractivity contribution in [1.82, 2.24) is 0 Å². The minimum atomic E-state index is 0. The Bertz CT molecular complexity index is 560. The second kappa shape index (κ2) is 9.34. The zero-order valence-electron chi connectivity index (χ0n) is 13.1. The summed E-state index contributed by atoms with van der Waals surface area (Å²) >= 11 is 0. The molecule has 1 atom stereocenters. The number of nitrogens with two attached hydrogens (primary N) is 1. The molecule has 0 aromatic heterocycles. The summed E-state index contributed by atoms with van der Waals surface area (Å²) in [5, 5.41) is 0. The van der Waals surface area contributed by atoms with E-state index in [4.69, 9.17) is 15.2 Å². The molecule has 0 radical (unpaired) electrons. The van der Waals surface area contributed by atoms with Gasteiger partial charge in [-0.05, 0) is 36.6 Å². The van der Waals surface area contributed by atoms with E-state index in [1.165, 1.54) is 0 Å². The molecule has 3 nitrogen and oxygen atoms in total. The standard InChI is InChI=1S/C18H23NO2.ClH/c1-3-16(19)15-10-11-17(18(12-15)20-4-2)21-13-14-8-6-5-7-9-14;/h5-12,16H,3-4,13,19H2,1-2H3;1H/t16-;/m0./s1. The Morgan fingerprint density at radius 2 is 1.68 bits per heavy atom. The van der Waals surface area contributed by atoms with Crippen molar-refractivity contribution in [2.75, 3.05) is 6.61 Å². The number of benzene rings is 2. The highest BCUT2D eigenvalue weighted by Crippen LogP contribution is 2.31. The molecule has 0 fully saturated rings. The number of ether oxygens (including phenoxy) is 2. The zero-order valence-corrected chi connectivity index (χ0v) is 13.9. The second-order valence-corrected chi connectivity index (χ2v) is 4.93. The van der Waals surface area contributed by atoms with Crippen LogP contribution in [0.15, 0.2) is 48.5 Å². The van der Waals surface area contributed by atoms with E-state index >= 15 is 0 Å². The Hall–Kier alpha value is -1.71. The van der Waals surface area contributed by atoms with Gasteiger partial charge in [-0.3, -0.25) is 0 Å². The molecule has 120 valence electrons. The summed E-state index contributed by atoms with van der Waals surface area (Å²) in [7, 11) is 0. The van der Waals surface area contributed by atoms with Gasteiger partial charge in [0.1, 0.15) is 6.61 Å². The third-order valence-corrected chi connectivity index (χ3v) is 3.37. The SMILES string of the molecule is CCOc1cc([C@@H](N)CC)ccc1OCc1ccccc1.Cl. The summed E-state index contributed by atoms with van der Waals surface area (Å²) < 4.78 is 11.6. The number of hydrogen-bond donors (Lipinski definition) is 1. The Balaban J connectivity index is 0.00000242. The molecular weight excluding hydrogens is 298 g/mol. The fourth-order valence-corrected chi connectivity index (χ4v) is 2.11. The largest absolute Gasteiger partial charge is 0.490 e. The molecule has 0 spiro atoms. The lowest BCUT2D eigenvalue weighted by molar-refractivity contribution is 0.269. The van der Waals surface area contributed by atoms with Gasteiger partial charge >= 0.3 is 0 Å². The number of rotatable bonds is 7. The molecule has 22 heavy (non-hydrogen) atoms. The maximum Gasteiger partial charge on any atom is 0.161 e. The van der Waals surface area contributed by atoms with E-state index in [2.05, 4.69) is 6.92 Å². The van der Waals surface area contributed by atoms with E-state index in [-0.39, 0.29) is 18.4 Å². The maximum atomic E-state index is 6.08. The third kappa shape index (κ3) is 4.93. The van der Waals surface area contributed by atoms with Gasteiger partial charge < -0.3 is 15.2 Å². The highest BCUT2D eigenvalue weighted by molar-refractivity contribution is 5.85. The first-order chi connectivity index (χ1) is 10.2. The van der Waals surface area contributed by atoms with Gasteiger partial charge in [-0.2, -0.15) is 0 Å². The Morgan fingerprint density at radius 1 is 0.955 bits per heavy atom. The van der Waals surface area contributed by atoms with E-state index in [0.29, 0.717) is 13.2 Å². The molecule has 0 saturated carbocycles. The minimum absolute atomic E-state index is 0. The second-order valence-electron chi connectivity index (χ2n) is 4.93. The first-order valence-corrected chi connectivity index (χ1v) is 7.43. The van der Waals surface area contributed by atoms with Gasteiger partial charge in [0.15, 0.2) is 11.5 Å². The van der Waals surface area contributed by atoms with Gasteiger partial charge in [0.2, 0.25) is 0 Å². The van der Waals surface area contributed by atoms with Crippen LogP contribution in [0.25, 0.3) is 0 Å². The van der Waals surface area contributed by atoms with E-state index < -0.39 is 0 Å². The molecule has 2 aromatic carbocycles. The van der Waals surface area contributed by atoms with E-state index in [1.54, 1.807) is 0 Å². The van der Waals surface area contributed by atoms with E-state index in [9.17, 15) is 0 Å². The molecule has 0 aliphatic heterocycles. The molecule has 2 N–H and O–H groups in total. The van der Waals surface area contributed by atoms with Crippen molar-refractivity contribution < 1.29 is 9.47 Å². The van der Waals surface area contributed by atoms with Crippen LogP contribution in [-0.4, -0.2) is 6.61 Å². The molecule has 4 heteroatoms. The summed E-state index contributed by atoms with van der Waals surface area (Å²) in [4.78, 5) is 0. The van der Waals surface area contributed by atoms with Gasteiger partial charge in [-0.1, -0.05) is 43.3 Å². The van der Waals surface area contributed by atoms with Crippen LogP contribution < -0.4 is 15.2 Å². The average Bonchev–Trinajstić information content (AvgIpc) is 2.54. The first kappa shape index (κ1) is 18.3. The fourth-order valence-electron chi connectivity index (χ4n) is 2.11. The van der Waals surface area contributed by atoms with Gasteiger partial charge in [0.05, 0.1) is 6.61 Å². The minimum Gasteiger partial charge on any atom is -0.490 e. The normalized spacial score (nSPS) is 11.4. The van der Waals surface area contributed by atoms with Gasteiger partial charge in [-0.15, -0.1) is 12.4 Å². The summed E-state index contributed by atoms with van der Waals surface area (Å²) in [6, 6.07) is 16.1. The summed E-state index contributed by atoms with van der Waals surface area (Å²) in [6.07, 6.45) is 0.899. The highest BCUT2D eigenvalue weighted by Gasteiger charge is 2.10. The quantitative estimate of drug-likeness (QED) is 0.816. The molecule has 0 amide bonds. The molecule has 0 aliphatic rings. The Kier molecular flexibility index (Phi) is 7.78. The predicted octanol–water partition coefficient (Wildman–Crippen LogP) is 4.50. The van der Waals surface area contributed by atoms with Gasteiger partial charge in [0, 0.05) is 6.04 Å². The highest BCUT2D eigenvalue weighted by atomic mass is 35.5. The number of halogens is 1. The van der Waals surface area contributed by atoms with Crippen molar-refractivity contribution in [2.24, 2.45) is 5.73 Å². The van der Waals surface area contributed by atoms with Crippen LogP contribution in [0.1, 0.15) is 37.4 Å². The van der Waals surface area contributed by atoms with E-state index in [0.717, 1.165) is 29.0 Å². The van der Waals surface area contributed by atoms with Crippen LogP contribution in [0, 0.1) is 0 Å². The van der Waals surface area contributed by atoms with Crippen LogP contribution in [0.2, 0.25) is 0 Å². The lowest BCUT2D eigenvalue weighted by Crippen LogP contribution is -2.09. The molecule has 0 bridgehead atoms. The maximum absolute atomic E-state index is 6.08. The lowest BCUT2D eigenvalue weighted by atomic mass is 10.1. The summed E-state index contributed by atoms with van der Waals surface area (Å²) in [5.41, 5.74) is 8.29. The Labute approximate surface area is 138 Å². The lowest BCUT2D eigenvalue weighted by Gasteiger charge is -2.16. The molecular formula is C18H24ClNO2. The molecule has 0 aliphatic carbocycles. The zero-order chi connectivity index (χ0) is 15.1. The fraction of sp³-hybridized carbons (Fsp3) is 0.333. The van der Waals surface area contributed by atoms with Crippen LogP contribution in [0.5, 0.6) is 11.5 Å². The molecule has 2 rings (SSSR count). The Morgan fingerprint density at radius 3 is 2.32 bits per heavy atom. The van der Waals surface area contributed by atoms with Crippen LogP contribution >= 0.6 is 12.4 Å². The van der Waals surface area contributed by atoms with Crippen LogP contribution in [-0.2, 0) is 6.61 Å². The molecule has 0 heterocycles. The van der Waals surface area contributed by atoms with Crippen molar-refractivity contribution in [1.29, 1.82) is 0 Å². The van der Waals surface area contributed by atoms with Crippen molar-refractivity contribution in [3.05, 3.63) is 59.7 Å². The van der Waals surface area contributed by atoms with Crippen LogP contribution in [0.4, 0.5) is 0 Å². The molecule has 0 saturated heterocycles. The van der Waals surface area contributed by atoms with Crippen molar-refractivity contribution in [3.63, 3.8) is 0 Å². The smallest absolute Gasteiger partial charge is 0.161 e. The van der Waals surface area contributed by atoms with Crippen molar-refractivity contribution in [3.8, 4) is 11.5 Å². The molecule has 2 aromatic rings. The monoisotopic (exact) mass is 321 g/mol. The van der Waals surface area contributed by atoms with Gasteiger partial charge in [-0.25, -0.2) is 0 Å².